The Labute approximate surface area is 131 Å². The molecule has 0 aliphatic carbocycles. The van der Waals surface area contributed by atoms with Crippen molar-refractivity contribution in [3.8, 4) is 0 Å². The van der Waals surface area contributed by atoms with Crippen LogP contribution in [0.4, 0.5) is 0 Å². The molecule has 0 unspecified atom stereocenters. The first-order valence-corrected chi connectivity index (χ1v) is 6.05. The number of unbranched alkanes of at least 4 members (excludes halogenated alkanes) is 6. The van der Waals surface area contributed by atoms with Crippen LogP contribution in [-0.2, 0) is 25.8 Å². The quantitative estimate of drug-likeness (QED) is 0.448. The van der Waals surface area contributed by atoms with Gasteiger partial charge in [-0.15, -0.1) is 0 Å². The van der Waals surface area contributed by atoms with E-state index in [-0.39, 0.29) is 42.3 Å². The van der Waals surface area contributed by atoms with E-state index in [9.17, 15) is 0 Å². The van der Waals surface area contributed by atoms with E-state index in [1.165, 1.54) is 38.5 Å². The standard InChI is InChI=1S/2C6H14O.Hf.3H2O/c2*1-2-3-4-5-6-7;;;;/h2*7H,2-6H2,1H3;;3*1H2/q;;+4;;;/p-3. The van der Waals surface area contributed by atoms with Crippen LogP contribution in [0.1, 0.15) is 65.2 Å². The van der Waals surface area contributed by atoms with E-state index in [2.05, 4.69) is 13.8 Å². The molecule has 0 aromatic heterocycles. The minimum Gasteiger partial charge on any atom is -0.870 e. The zero-order valence-electron chi connectivity index (χ0n) is 11.8. The van der Waals surface area contributed by atoms with Crippen molar-refractivity contribution in [3.05, 3.63) is 0 Å². The molecule has 0 aliphatic rings. The van der Waals surface area contributed by atoms with E-state index in [4.69, 9.17) is 10.2 Å². The van der Waals surface area contributed by atoms with Gasteiger partial charge in [0.05, 0.1) is 0 Å². The van der Waals surface area contributed by atoms with E-state index in [1.54, 1.807) is 0 Å². The molecule has 0 radical (unpaired) electrons. The van der Waals surface area contributed by atoms with Crippen molar-refractivity contribution in [2.24, 2.45) is 0 Å². The second-order valence-corrected chi connectivity index (χ2v) is 3.57. The van der Waals surface area contributed by atoms with Crippen molar-refractivity contribution in [3.63, 3.8) is 0 Å². The molecule has 0 atom stereocenters. The largest absolute Gasteiger partial charge is 4.00 e. The maximum atomic E-state index is 8.29. The number of aliphatic hydroxyl groups excluding tert-OH is 2. The molecule has 0 aromatic rings. The van der Waals surface area contributed by atoms with Crippen LogP contribution in [0.3, 0.4) is 0 Å². The Bertz CT molecular complexity index is 68.9. The van der Waals surface area contributed by atoms with Gasteiger partial charge >= 0.3 is 25.8 Å². The van der Waals surface area contributed by atoms with Gasteiger partial charge in [0, 0.05) is 13.2 Å². The monoisotopic (exact) mass is 435 g/mol. The molecule has 0 rings (SSSR count). The molecule has 18 heavy (non-hydrogen) atoms. The van der Waals surface area contributed by atoms with Crippen LogP contribution < -0.4 is 0 Å². The predicted octanol–water partition coefficient (Wildman–Crippen LogP) is 2.59. The summed E-state index contributed by atoms with van der Waals surface area (Å²) in [4.78, 5) is 0. The van der Waals surface area contributed by atoms with Gasteiger partial charge in [0.15, 0.2) is 0 Å². The van der Waals surface area contributed by atoms with Crippen LogP contribution in [0.5, 0.6) is 0 Å². The Morgan fingerprint density at radius 1 is 0.556 bits per heavy atom. The minimum atomic E-state index is 0. The molecule has 0 fully saturated rings. The topological polar surface area (TPSA) is 130 Å². The van der Waals surface area contributed by atoms with Gasteiger partial charge in [0.25, 0.3) is 0 Å². The second-order valence-electron chi connectivity index (χ2n) is 3.57. The normalized spacial score (nSPS) is 7.33. The number of hydrogen-bond acceptors (Lipinski definition) is 5. The summed E-state index contributed by atoms with van der Waals surface area (Å²) in [5.41, 5.74) is 0. The van der Waals surface area contributed by atoms with E-state index < -0.39 is 0 Å². The van der Waals surface area contributed by atoms with Gasteiger partial charge in [-0.1, -0.05) is 52.4 Å². The minimum absolute atomic E-state index is 0. The molecule has 5 N–H and O–H groups in total. The number of rotatable bonds is 8. The van der Waals surface area contributed by atoms with Gasteiger partial charge in [-0.05, 0) is 12.8 Å². The number of aliphatic hydroxyl groups is 2. The van der Waals surface area contributed by atoms with Crippen molar-refractivity contribution in [1.29, 1.82) is 0 Å². The zero-order valence-corrected chi connectivity index (χ0v) is 15.4. The Balaban J connectivity index is -0.0000000327. The van der Waals surface area contributed by atoms with Gasteiger partial charge in [-0.25, -0.2) is 0 Å². The van der Waals surface area contributed by atoms with E-state index in [0.29, 0.717) is 13.2 Å². The molecule has 6 heteroatoms. The average molecular weight is 434 g/mol. The molecule has 0 saturated carbocycles. The first-order valence-electron chi connectivity index (χ1n) is 6.05. The van der Waals surface area contributed by atoms with Crippen molar-refractivity contribution in [2.45, 2.75) is 65.2 Å². The molecular weight excluding hydrogens is 403 g/mol. The molecule has 0 heterocycles. The number of hydrogen-bond donors (Lipinski definition) is 2. The fourth-order valence-corrected chi connectivity index (χ4v) is 1.08. The second kappa shape index (κ2) is 43.1. The summed E-state index contributed by atoms with van der Waals surface area (Å²) in [7, 11) is 0. The Hall–Kier alpha value is 0.670. The fraction of sp³-hybridized carbons (Fsp3) is 1.00. The van der Waals surface area contributed by atoms with E-state index in [1.807, 2.05) is 0 Å². The summed E-state index contributed by atoms with van der Waals surface area (Å²) >= 11 is 0. The molecule has 0 aliphatic heterocycles. The zero-order chi connectivity index (χ0) is 11.1. The maximum absolute atomic E-state index is 8.29. The summed E-state index contributed by atoms with van der Waals surface area (Å²) in [5, 5.41) is 16.6. The fourth-order valence-electron chi connectivity index (χ4n) is 1.08. The first-order chi connectivity index (χ1) is 6.83. The third-order valence-electron chi connectivity index (χ3n) is 2.02. The molecule has 0 amide bonds. The third-order valence-corrected chi connectivity index (χ3v) is 2.02. The summed E-state index contributed by atoms with van der Waals surface area (Å²) in [5.74, 6) is 0. The summed E-state index contributed by atoms with van der Waals surface area (Å²) in [6, 6.07) is 0. The smallest absolute Gasteiger partial charge is 0.870 e. The Morgan fingerprint density at radius 3 is 1.00 bits per heavy atom. The van der Waals surface area contributed by atoms with Crippen LogP contribution in [0.15, 0.2) is 0 Å². The van der Waals surface area contributed by atoms with E-state index in [0.717, 1.165) is 12.8 Å². The SMILES string of the molecule is CCCCCCO.CCCCCCO.[Hf+4].[OH-].[OH-].[OH-]. The van der Waals surface area contributed by atoms with Gasteiger partial charge in [0.1, 0.15) is 0 Å². The molecule has 5 nitrogen and oxygen atoms in total. The van der Waals surface area contributed by atoms with Crippen LogP contribution >= 0.6 is 0 Å². The third kappa shape index (κ3) is 54.5. The van der Waals surface area contributed by atoms with Gasteiger partial charge in [-0.2, -0.15) is 0 Å². The maximum Gasteiger partial charge on any atom is 4.00 e. The molecule has 112 valence electrons. The van der Waals surface area contributed by atoms with Crippen LogP contribution in [0.25, 0.3) is 0 Å². The van der Waals surface area contributed by atoms with E-state index >= 15 is 0 Å². The predicted molar refractivity (Wildman–Crippen MR) is 68.3 cm³/mol. The molecule has 0 saturated heterocycles. The van der Waals surface area contributed by atoms with Gasteiger partial charge in [0.2, 0.25) is 0 Å². The van der Waals surface area contributed by atoms with Crippen LogP contribution in [-0.4, -0.2) is 39.9 Å². The van der Waals surface area contributed by atoms with Gasteiger partial charge in [-0.3, -0.25) is 0 Å². The van der Waals surface area contributed by atoms with Crippen molar-refractivity contribution >= 4 is 0 Å². The summed E-state index contributed by atoms with van der Waals surface area (Å²) in [6.07, 6.45) is 9.36. The average Bonchev–Trinajstić information content (AvgIpc) is 2.21. The van der Waals surface area contributed by atoms with Crippen molar-refractivity contribution in [1.82, 2.24) is 0 Å². The first kappa shape index (κ1) is 36.3. The van der Waals surface area contributed by atoms with Gasteiger partial charge < -0.3 is 26.6 Å². The molecular formula is C12H31HfO5+. The molecule has 0 spiro atoms. The summed E-state index contributed by atoms with van der Waals surface area (Å²) < 4.78 is 0. The van der Waals surface area contributed by atoms with Crippen molar-refractivity contribution < 1.29 is 52.5 Å². The Kier molecular flexibility index (Phi) is 87.0. The molecule has 0 aromatic carbocycles. The summed E-state index contributed by atoms with van der Waals surface area (Å²) in [6.45, 7) is 5.05. The van der Waals surface area contributed by atoms with Crippen LogP contribution in [0.2, 0.25) is 0 Å². The van der Waals surface area contributed by atoms with Crippen LogP contribution in [0, 0.1) is 0 Å². The molecule has 0 bridgehead atoms. The Morgan fingerprint density at radius 2 is 0.833 bits per heavy atom. The van der Waals surface area contributed by atoms with Crippen molar-refractivity contribution in [2.75, 3.05) is 13.2 Å².